The third kappa shape index (κ3) is 4.39. The van der Waals surface area contributed by atoms with Gasteiger partial charge in [-0.3, -0.25) is 4.90 Å². The molecule has 1 N–H and O–H groups in total. The number of sulfonamides is 1. The van der Waals surface area contributed by atoms with Crippen LogP contribution in [0.1, 0.15) is 39.5 Å². The Morgan fingerprint density at radius 2 is 1.88 bits per heavy atom. The molecule has 0 radical (unpaired) electrons. The molecule has 0 bridgehead atoms. The van der Waals surface area contributed by atoms with Crippen LogP contribution in [0.4, 0.5) is 0 Å². The molecular formula is C20H27ClN2O2S. The van der Waals surface area contributed by atoms with Crippen molar-refractivity contribution in [2.24, 2.45) is 0 Å². The number of nitrogens with zero attached hydrogens (tertiary/aromatic N) is 1. The van der Waals surface area contributed by atoms with Crippen molar-refractivity contribution in [1.82, 2.24) is 9.62 Å². The number of halogens is 1. The Bertz CT molecular complexity index is 859. The number of likely N-dealkylation sites (tertiary alicyclic amines) is 1. The molecule has 0 aliphatic carbocycles. The van der Waals surface area contributed by atoms with E-state index in [0.29, 0.717) is 23.7 Å². The number of piperidine rings is 1. The van der Waals surface area contributed by atoms with Crippen LogP contribution in [-0.4, -0.2) is 38.5 Å². The second-order valence-electron chi connectivity index (χ2n) is 7.24. The fourth-order valence-corrected chi connectivity index (χ4v) is 5.21. The molecule has 1 aliphatic heterocycles. The summed E-state index contributed by atoms with van der Waals surface area (Å²) in [5.74, 6) is 0. The standard InChI is InChI=1S/C20H27ClN2O2S/c1-15-6-3-7-16(2)23(15)13-5-12-22-26(24,25)18-10-11-19-17(14-18)8-4-9-20(19)21/h4,8-11,14-16,22H,3,5-7,12-13H2,1-2H3. The summed E-state index contributed by atoms with van der Waals surface area (Å²) in [5.41, 5.74) is 0. The van der Waals surface area contributed by atoms with Gasteiger partial charge >= 0.3 is 0 Å². The molecule has 1 saturated heterocycles. The lowest BCUT2D eigenvalue weighted by Crippen LogP contribution is -2.44. The van der Waals surface area contributed by atoms with Crippen LogP contribution >= 0.6 is 11.6 Å². The minimum atomic E-state index is -3.51. The summed E-state index contributed by atoms with van der Waals surface area (Å²) >= 11 is 6.15. The third-order valence-corrected chi connectivity index (χ3v) is 7.16. The quantitative estimate of drug-likeness (QED) is 0.737. The Kier molecular flexibility index (Phi) is 6.23. The molecule has 4 nitrogen and oxygen atoms in total. The van der Waals surface area contributed by atoms with Crippen LogP contribution < -0.4 is 4.72 Å². The molecule has 0 aromatic heterocycles. The Balaban J connectivity index is 1.60. The topological polar surface area (TPSA) is 49.4 Å². The summed E-state index contributed by atoms with van der Waals surface area (Å²) in [4.78, 5) is 2.78. The van der Waals surface area contributed by atoms with Crippen molar-refractivity contribution in [3.8, 4) is 0 Å². The summed E-state index contributed by atoms with van der Waals surface area (Å²) in [6.45, 7) is 5.91. The first-order chi connectivity index (χ1) is 12.4. The largest absolute Gasteiger partial charge is 0.298 e. The highest BCUT2D eigenvalue weighted by Gasteiger charge is 2.24. The van der Waals surface area contributed by atoms with E-state index in [1.165, 1.54) is 19.3 Å². The van der Waals surface area contributed by atoms with Gasteiger partial charge in [0.05, 0.1) is 4.90 Å². The van der Waals surface area contributed by atoms with Gasteiger partial charge in [-0.25, -0.2) is 13.1 Å². The second-order valence-corrected chi connectivity index (χ2v) is 9.42. The third-order valence-electron chi connectivity index (χ3n) is 5.37. The van der Waals surface area contributed by atoms with Gasteiger partial charge in [-0.1, -0.05) is 36.2 Å². The monoisotopic (exact) mass is 394 g/mol. The molecule has 2 aromatic rings. The maximum atomic E-state index is 12.6. The van der Waals surface area contributed by atoms with E-state index in [4.69, 9.17) is 11.6 Å². The van der Waals surface area contributed by atoms with E-state index < -0.39 is 10.0 Å². The molecule has 6 heteroatoms. The summed E-state index contributed by atoms with van der Waals surface area (Å²) in [6, 6.07) is 11.7. The Hall–Kier alpha value is -1.14. The van der Waals surface area contributed by atoms with Crippen LogP contribution in [0.25, 0.3) is 10.8 Å². The van der Waals surface area contributed by atoms with Gasteiger partial charge in [0.2, 0.25) is 10.0 Å². The van der Waals surface area contributed by atoms with Crippen molar-refractivity contribution in [3.05, 3.63) is 41.4 Å². The number of hydrogen-bond donors (Lipinski definition) is 1. The number of nitrogens with one attached hydrogen (secondary N) is 1. The summed E-state index contributed by atoms with van der Waals surface area (Å²) in [5, 5.41) is 2.32. The predicted octanol–water partition coefficient (Wildman–Crippen LogP) is 4.42. The van der Waals surface area contributed by atoms with Gasteiger partial charge in [-0.15, -0.1) is 0 Å². The van der Waals surface area contributed by atoms with E-state index >= 15 is 0 Å². The summed E-state index contributed by atoms with van der Waals surface area (Å²) in [6.07, 6.45) is 4.57. The lowest BCUT2D eigenvalue weighted by Gasteiger charge is -2.39. The van der Waals surface area contributed by atoms with Crippen molar-refractivity contribution < 1.29 is 8.42 Å². The van der Waals surface area contributed by atoms with Crippen LogP contribution in [0.5, 0.6) is 0 Å². The minimum Gasteiger partial charge on any atom is -0.298 e. The molecule has 26 heavy (non-hydrogen) atoms. The van der Waals surface area contributed by atoms with Crippen molar-refractivity contribution in [3.63, 3.8) is 0 Å². The van der Waals surface area contributed by atoms with Crippen molar-refractivity contribution in [2.75, 3.05) is 13.1 Å². The van der Waals surface area contributed by atoms with Gasteiger partial charge in [0.15, 0.2) is 0 Å². The molecule has 1 fully saturated rings. The SMILES string of the molecule is CC1CCCC(C)N1CCCNS(=O)(=O)c1ccc2c(Cl)cccc2c1. The van der Waals surface area contributed by atoms with Crippen LogP contribution in [-0.2, 0) is 10.0 Å². The van der Waals surface area contributed by atoms with Gasteiger partial charge in [0.1, 0.15) is 0 Å². The normalized spacial score (nSPS) is 22.0. The van der Waals surface area contributed by atoms with Crippen LogP contribution in [0.2, 0.25) is 5.02 Å². The van der Waals surface area contributed by atoms with E-state index in [2.05, 4.69) is 23.5 Å². The van der Waals surface area contributed by atoms with Crippen molar-refractivity contribution in [2.45, 2.75) is 56.5 Å². The number of rotatable bonds is 6. The molecule has 0 spiro atoms. The molecule has 3 rings (SSSR count). The molecule has 2 atom stereocenters. The van der Waals surface area contributed by atoms with E-state index in [1.54, 1.807) is 24.3 Å². The molecule has 0 saturated carbocycles. The molecular weight excluding hydrogens is 368 g/mol. The Labute approximate surface area is 161 Å². The van der Waals surface area contributed by atoms with Crippen LogP contribution in [0.15, 0.2) is 41.3 Å². The highest BCUT2D eigenvalue weighted by atomic mass is 35.5. The van der Waals surface area contributed by atoms with Crippen LogP contribution in [0, 0.1) is 0 Å². The number of benzene rings is 2. The number of hydrogen-bond acceptors (Lipinski definition) is 3. The average Bonchev–Trinajstić information content (AvgIpc) is 2.60. The van der Waals surface area contributed by atoms with Gasteiger partial charge in [-0.2, -0.15) is 0 Å². The maximum Gasteiger partial charge on any atom is 0.240 e. The van der Waals surface area contributed by atoms with E-state index in [9.17, 15) is 8.42 Å². The zero-order chi connectivity index (χ0) is 18.7. The fraction of sp³-hybridized carbons (Fsp3) is 0.500. The van der Waals surface area contributed by atoms with Crippen LogP contribution in [0.3, 0.4) is 0 Å². The molecule has 142 valence electrons. The van der Waals surface area contributed by atoms with Gasteiger partial charge in [0, 0.05) is 29.0 Å². The first-order valence-electron chi connectivity index (χ1n) is 9.32. The lowest BCUT2D eigenvalue weighted by atomic mass is 9.97. The van der Waals surface area contributed by atoms with E-state index in [0.717, 1.165) is 23.7 Å². The fourth-order valence-electron chi connectivity index (χ4n) is 3.86. The predicted molar refractivity (Wildman–Crippen MR) is 108 cm³/mol. The molecule has 2 aromatic carbocycles. The summed E-state index contributed by atoms with van der Waals surface area (Å²) < 4.78 is 27.9. The first kappa shape index (κ1) is 19.6. The highest BCUT2D eigenvalue weighted by Crippen LogP contribution is 2.26. The molecule has 1 aliphatic rings. The van der Waals surface area contributed by atoms with Crippen molar-refractivity contribution in [1.29, 1.82) is 0 Å². The Morgan fingerprint density at radius 3 is 2.62 bits per heavy atom. The van der Waals surface area contributed by atoms with E-state index in [1.807, 2.05) is 12.1 Å². The lowest BCUT2D eigenvalue weighted by molar-refractivity contribution is 0.103. The molecule has 2 unspecified atom stereocenters. The smallest absolute Gasteiger partial charge is 0.240 e. The van der Waals surface area contributed by atoms with E-state index in [-0.39, 0.29) is 4.90 Å². The molecule has 0 amide bonds. The first-order valence-corrected chi connectivity index (χ1v) is 11.2. The van der Waals surface area contributed by atoms with Crippen molar-refractivity contribution >= 4 is 32.4 Å². The van der Waals surface area contributed by atoms with Gasteiger partial charge in [0.25, 0.3) is 0 Å². The maximum absolute atomic E-state index is 12.6. The average molecular weight is 395 g/mol. The number of fused-ring (bicyclic) bond motifs is 1. The zero-order valence-electron chi connectivity index (χ0n) is 15.4. The highest BCUT2D eigenvalue weighted by molar-refractivity contribution is 7.89. The zero-order valence-corrected chi connectivity index (χ0v) is 17.0. The molecule has 1 heterocycles. The minimum absolute atomic E-state index is 0.284. The van der Waals surface area contributed by atoms with Gasteiger partial charge < -0.3 is 0 Å². The second kappa shape index (κ2) is 8.26. The Morgan fingerprint density at radius 1 is 1.15 bits per heavy atom. The van der Waals surface area contributed by atoms with Gasteiger partial charge in [-0.05, 0) is 63.2 Å². The summed E-state index contributed by atoms with van der Waals surface area (Å²) in [7, 11) is -3.51.